The van der Waals surface area contributed by atoms with Gasteiger partial charge in [-0.1, -0.05) is 17.4 Å². The van der Waals surface area contributed by atoms with Crippen LogP contribution in [-0.4, -0.2) is 27.8 Å². The predicted molar refractivity (Wildman–Crippen MR) is 130 cm³/mol. The molecule has 1 N–H and O–H groups in total. The fourth-order valence-electron chi connectivity index (χ4n) is 6.04. The van der Waals surface area contributed by atoms with E-state index in [4.69, 9.17) is 4.74 Å². The molecule has 1 aliphatic heterocycles. The van der Waals surface area contributed by atoms with Crippen LogP contribution in [0.5, 0.6) is 5.75 Å². The van der Waals surface area contributed by atoms with Crippen molar-refractivity contribution in [2.45, 2.75) is 42.0 Å². The van der Waals surface area contributed by atoms with E-state index < -0.39 is 0 Å². The molecule has 0 unspecified atom stereocenters. The zero-order valence-corrected chi connectivity index (χ0v) is 19.9. The minimum Gasteiger partial charge on any atom is -0.497 e. The minimum absolute atomic E-state index is 0.0228. The number of thioether (sulfide) groups is 1. The van der Waals surface area contributed by atoms with Gasteiger partial charge < -0.3 is 10.1 Å². The summed E-state index contributed by atoms with van der Waals surface area (Å²) >= 11 is 3.16. The Labute approximate surface area is 200 Å². The van der Waals surface area contributed by atoms with Crippen LogP contribution >= 0.6 is 23.1 Å². The molecule has 8 heteroatoms. The van der Waals surface area contributed by atoms with E-state index in [2.05, 4.69) is 16.4 Å². The molecule has 2 aliphatic carbocycles. The minimum atomic E-state index is -0.198. The van der Waals surface area contributed by atoms with Gasteiger partial charge in [-0.25, -0.2) is 0 Å². The van der Waals surface area contributed by atoms with Crippen molar-refractivity contribution < 1.29 is 9.53 Å². The first-order chi connectivity index (χ1) is 16.1. The van der Waals surface area contributed by atoms with E-state index in [1.54, 1.807) is 42.1 Å². The monoisotopic (exact) mass is 479 g/mol. The van der Waals surface area contributed by atoms with Crippen LogP contribution in [0.25, 0.3) is 0 Å². The van der Waals surface area contributed by atoms with Crippen molar-refractivity contribution in [3.05, 3.63) is 68.9 Å². The topological polar surface area (TPSA) is 73.2 Å². The number of rotatable bonds is 5. The number of amides is 1. The Morgan fingerprint density at radius 1 is 1.21 bits per heavy atom. The van der Waals surface area contributed by atoms with Gasteiger partial charge in [-0.2, -0.15) is 0 Å². The first kappa shape index (κ1) is 21.0. The van der Waals surface area contributed by atoms with Crippen molar-refractivity contribution in [3.8, 4) is 5.75 Å². The first-order valence-corrected chi connectivity index (χ1v) is 13.1. The fraction of sp³-hybridized carbons (Fsp3) is 0.400. The number of benzene rings is 1. The van der Waals surface area contributed by atoms with Crippen molar-refractivity contribution in [1.82, 2.24) is 9.55 Å². The highest BCUT2D eigenvalue weighted by Gasteiger charge is 2.55. The van der Waals surface area contributed by atoms with Crippen LogP contribution in [0.4, 0.5) is 5.69 Å². The standard InChI is InChI=1S/C25H25N3O3S2/c1-31-18-8-6-17(7-9-18)27-19(29)13-28-24-23(33-25(28)30)21(16-3-2-10-26-12-16)20-14-4-5-15(11-14)22(20)32-24/h2-3,6-10,12,14-15,20-22H,4-5,11,13H2,1H3,(H,27,29)/t14-,15-,20-,21-,22+/m0/s1. The number of pyridine rings is 1. The lowest BCUT2D eigenvalue weighted by molar-refractivity contribution is -0.116. The van der Waals surface area contributed by atoms with Gasteiger partial charge in [0.1, 0.15) is 12.3 Å². The molecule has 3 aromatic rings. The summed E-state index contributed by atoms with van der Waals surface area (Å²) in [5, 5.41) is 4.40. The molecule has 2 bridgehead atoms. The summed E-state index contributed by atoms with van der Waals surface area (Å²) in [4.78, 5) is 31.4. The quantitative estimate of drug-likeness (QED) is 0.579. The average Bonchev–Trinajstić information content (AvgIpc) is 3.53. The van der Waals surface area contributed by atoms with Crippen LogP contribution in [0.3, 0.4) is 0 Å². The van der Waals surface area contributed by atoms with Gasteiger partial charge in [0.15, 0.2) is 0 Å². The molecular weight excluding hydrogens is 454 g/mol. The Kier molecular flexibility index (Phi) is 5.30. The van der Waals surface area contributed by atoms with Crippen molar-refractivity contribution in [2.24, 2.45) is 17.8 Å². The van der Waals surface area contributed by atoms with E-state index in [0.29, 0.717) is 22.8 Å². The second kappa shape index (κ2) is 8.33. The molecule has 6 rings (SSSR count). The van der Waals surface area contributed by atoms with Crippen LogP contribution in [0.2, 0.25) is 0 Å². The van der Waals surface area contributed by atoms with E-state index in [1.165, 1.54) is 36.2 Å². The van der Waals surface area contributed by atoms with E-state index in [9.17, 15) is 9.59 Å². The molecule has 3 aliphatic rings. The van der Waals surface area contributed by atoms with Crippen molar-refractivity contribution in [1.29, 1.82) is 0 Å². The summed E-state index contributed by atoms with van der Waals surface area (Å²) in [6.45, 7) is 0.0228. The first-order valence-electron chi connectivity index (χ1n) is 11.4. The van der Waals surface area contributed by atoms with E-state index in [1.807, 2.05) is 24.0 Å². The fourth-order valence-corrected chi connectivity index (χ4v) is 9.19. The summed E-state index contributed by atoms with van der Waals surface area (Å²) < 4.78 is 6.86. The molecule has 1 amide bonds. The van der Waals surface area contributed by atoms with Gasteiger partial charge in [-0.3, -0.25) is 19.1 Å². The van der Waals surface area contributed by atoms with Crippen molar-refractivity contribution in [2.75, 3.05) is 12.4 Å². The summed E-state index contributed by atoms with van der Waals surface area (Å²) in [5.74, 6) is 2.69. The molecule has 170 valence electrons. The molecule has 1 aromatic carbocycles. The smallest absolute Gasteiger partial charge is 0.308 e. The predicted octanol–water partition coefficient (Wildman–Crippen LogP) is 4.60. The largest absolute Gasteiger partial charge is 0.497 e. The molecular formula is C25H25N3O3S2. The number of aromatic nitrogens is 2. The molecule has 0 saturated heterocycles. The van der Waals surface area contributed by atoms with Gasteiger partial charge in [0.25, 0.3) is 0 Å². The number of methoxy groups -OCH3 is 1. The number of carbonyl (C=O) groups is 1. The van der Waals surface area contributed by atoms with Gasteiger partial charge in [0, 0.05) is 34.1 Å². The lowest BCUT2D eigenvalue weighted by Crippen LogP contribution is -2.34. The van der Waals surface area contributed by atoms with Gasteiger partial charge in [-0.15, -0.1) is 11.8 Å². The molecule has 33 heavy (non-hydrogen) atoms. The molecule has 5 atom stereocenters. The van der Waals surface area contributed by atoms with Crippen LogP contribution in [0, 0.1) is 17.8 Å². The van der Waals surface area contributed by atoms with E-state index in [0.717, 1.165) is 21.6 Å². The van der Waals surface area contributed by atoms with Gasteiger partial charge in [-0.05, 0) is 72.9 Å². The summed E-state index contributed by atoms with van der Waals surface area (Å²) in [6.07, 6.45) is 7.62. The SMILES string of the molecule is COc1ccc(NC(=O)Cn2c3c(sc2=O)[C@@H](c2cccnc2)[C@@H]2[C@H]4CC[C@@H](C4)[C@H]2S3)cc1. The van der Waals surface area contributed by atoms with Crippen LogP contribution in [0.15, 0.2) is 58.6 Å². The highest BCUT2D eigenvalue weighted by Crippen LogP contribution is 2.63. The van der Waals surface area contributed by atoms with E-state index >= 15 is 0 Å². The van der Waals surface area contributed by atoms with Crippen LogP contribution < -0.4 is 14.9 Å². The van der Waals surface area contributed by atoms with Crippen molar-refractivity contribution in [3.63, 3.8) is 0 Å². The second-order valence-electron chi connectivity index (χ2n) is 9.16. The highest BCUT2D eigenvalue weighted by atomic mass is 32.2. The normalized spacial score (nSPS) is 27.1. The number of hydrogen-bond acceptors (Lipinski definition) is 6. The van der Waals surface area contributed by atoms with Crippen molar-refractivity contribution >= 4 is 34.7 Å². The maximum absolute atomic E-state index is 13.1. The lowest BCUT2D eigenvalue weighted by atomic mass is 9.75. The number of hydrogen-bond donors (Lipinski definition) is 1. The number of fused-ring (bicyclic) bond motifs is 6. The molecule has 6 nitrogen and oxygen atoms in total. The highest BCUT2D eigenvalue weighted by molar-refractivity contribution is 8.00. The number of anilines is 1. The molecule has 2 aromatic heterocycles. The molecule has 0 spiro atoms. The third kappa shape index (κ3) is 3.60. The number of carbonyl (C=O) groups excluding carboxylic acids is 1. The van der Waals surface area contributed by atoms with E-state index in [-0.39, 0.29) is 23.2 Å². The molecule has 3 heterocycles. The number of ether oxygens (including phenoxy) is 1. The Balaban J connectivity index is 1.33. The maximum Gasteiger partial charge on any atom is 0.308 e. The third-order valence-electron chi connectivity index (χ3n) is 7.41. The number of thiazole rings is 1. The zero-order valence-electron chi connectivity index (χ0n) is 18.3. The van der Waals surface area contributed by atoms with Gasteiger partial charge in [0.2, 0.25) is 5.91 Å². The average molecular weight is 480 g/mol. The van der Waals surface area contributed by atoms with Crippen LogP contribution in [0.1, 0.15) is 35.6 Å². The van der Waals surface area contributed by atoms with Gasteiger partial charge in [0.05, 0.1) is 12.1 Å². The lowest BCUT2D eigenvalue weighted by Gasteiger charge is -2.40. The second-order valence-corrected chi connectivity index (χ2v) is 11.3. The molecule has 2 fully saturated rings. The number of nitrogens with zero attached hydrogens (tertiary/aromatic N) is 2. The summed E-state index contributed by atoms with van der Waals surface area (Å²) in [7, 11) is 1.61. The Hall–Kier alpha value is -2.58. The Bertz CT molecular complexity index is 1240. The Morgan fingerprint density at radius 3 is 2.79 bits per heavy atom. The summed E-state index contributed by atoms with van der Waals surface area (Å²) in [5.41, 5.74) is 1.88. The zero-order chi connectivity index (χ0) is 22.5. The van der Waals surface area contributed by atoms with Crippen LogP contribution in [-0.2, 0) is 11.3 Å². The molecule has 2 saturated carbocycles. The Morgan fingerprint density at radius 2 is 2.03 bits per heavy atom. The van der Waals surface area contributed by atoms with Gasteiger partial charge >= 0.3 is 4.87 Å². The third-order valence-corrected chi connectivity index (χ3v) is 10.2. The maximum atomic E-state index is 13.1. The molecule has 0 radical (unpaired) electrons. The summed E-state index contributed by atoms with van der Waals surface area (Å²) in [6, 6.07) is 11.3. The number of nitrogens with one attached hydrogen (secondary N) is 1.